The second kappa shape index (κ2) is 14.7. The third kappa shape index (κ3) is 8.94. The Morgan fingerprint density at radius 1 is 0.450 bits per heavy atom. The van der Waals surface area contributed by atoms with Gasteiger partial charge in [-0.15, -0.1) is 0 Å². The molecule has 40 heavy (non-hydrogen) atoms. The van der Waals surface area contributed by atoms with Crippen molar-refractivity contribution < 1.29 is 128 Å². The van der Waals surface area contributed by atoms with Gasteiger partial charge in [-0.05, 0) is 117 Å². The van der Waals surface area contributed by atoms with Crippen molar-refractivity contribution in [2.75, 3.05) is 0 Å². The van der Waals surface area contributed by atoms with Crippen LogP contribution < -0.4 is 105 Å². The predicted molar refractivity (Wildman–Crippen MR) is 137 cm³/mol. The van der Waals surface area contributed by atoms with E-state index in [0.717, 1.165) is 0 Å². The quantitative estimate of drug-likeness (QED) is 0.143. The van der Waals surface area contributed by atoms with E-state index >= 15 is 0 Å². The third-order valence-electron chi connectivity index (χ3n) is 5.96. The van der Waals surface area contributed by atoms with Crippen LogP contribution in [0.3, 0.4) is 0 Å². The van der Waals surface area contributed by atoms with Crippen LogP contribution in [0.2, 0.25) is 0 Å². The second-order valence-electron chi connectivity index (χ2n) is 8.92. The molecular formula is C24H24Na3O9PS3. The molecule has 0 unspecified atom stereocenters. The number of aryl methyl sites for hydroxylation is 3. The standard InChI is InChI=1S/C24H27O9PS3.3Na/c1-13-7-19(16(4)22(10-13)35(25,26)27)34(20-8-14(2)11-23(17(20)5)36(28,29)30)21-9-15(3)12-24(18(21)6)37(31,32)33;;;/h7-12H,1-6H3,(H,25,26,27)(H,28,29,30)(H,31,32,33);;;/q;3*+1/p-3. The first kappa shape index (κ1) is 40.8. The van der Waals surface area contributed by atoms with Gasteiger partial charge in [0.05, 0.1) is 14.7 Å². The molecule has 0 atom stereocenters. The summed E-state index contributed by atoms with van der Waals surface area (Å²) in [6, 6.07) is 8.58. The van der Waals surface area contributed by atoms with Crippen molar-refractivity contribution in [1.29, 1.82) is 0 Å². The topological polar surface area (TPSA) is 172 Å². The van der Waals surface area contributed by atoms with Crippen LogP contribution in [-0.2, 0) is 30.4 Å². The van der Waals surface area contributed by atoms with Crippen LogP contribution in [0, 0.1) is 41.5 Å². The summed E-state index contributed by atoms with van der Waals surface area (Å²) in [5.41, 5.74) is 1.58. The van der Waals surface area contributed by atoms with Gasteiger partial charge in [-0.3, -0.25) is 0 Å². The summed E-state index contributed by atoms with van der Waals surface area (Å²) >= 11 is 0. The minimum absolute atomic E-state index is 0. The van der Waals surface area contributed by atoms with Crippen LogP contribution >= 0.6 is 7.92 Å². The Bertz CT molecular complexity index is 1570. The van der Waals surface area contributed by atoms with Gasteiger partial charge in [-0.2, -0.15) is 0 Å². The first-order valence-corrected chi connectivity index (χ1v) is 16.3. The molecule has 16 heteroatoms. The van der Waals surface area contributed by atoms with E-state index in [-0.39, 0.29) is 105 Å². The molecule has 3 rings (SSSR count). The Morgan fingerprint density at radius 2 is 0.650 bits per heavy atom. The Morgan fingerprint density at radius 3 is 0.825 bits per heavy atom. The van der Waals surface area contributed by atoms with E-state index in [1.165, 1.54) is 39.0 Å². The number of hydrogen-bond acceptors (Lipinski definition) is 9. The molecule has 0 amide bonds. The maximum Gasteiger partial charge on any atom is 1.00 e. The molecule has 200 valence electrons. The summed E-state index contributed by atoms with van der Waals surface area (Å²) < 4.78 is 109. The molecule has 3 aromatic rings. The average Bonchev–Trinajstić information content (AvgIpc) is 2.72. The molecule has 0 fully saturated rings. The van der Waals surface area contributed by atoms with Crippen molar-refractivity contribution in [3.8, 4) is 0 Å². The normalized spacial score (nSPS) is 11.8. The average molecular weight is 653 g/mol. The number of rotatable bonds is 6. The number of benzene rings is 3. The molecule has 0 heterocycles. The van der Waals surface area contributed by atoms with Gasteiger partial charge < -0.3 is 13.7 Å². The van der Waals surface area contributed by atoms with Gasteiger partial charge in [0.1, 0.15) is 30.4 Å². The Labute approximate surface area is 303 Å². The van der Waals surface area contributed by atoms with Crippen LogP contribution in [-0.4, -0.2) is 38.9 Å². The molecule has 0 spiro atoms. The van der Waals surface area contributed by atoms with Crippen LogP contribution in [0.1, 0.15) is 33.4 Å². The van der Waals surface area contributed by atoms with Crippen molar-refractivity contribution in [1.82, 2.24) is 0 Å². The summed E-state index contributed by atoms with van der Waals surface area (Å²) in [6.07, 6.45) is 0. The van der Waals surface area contributed by atoms with E-state index in [1.54, 1.807) is 39.0 Å². The molecule has 9 nitrogen and oxygen atoms in total. The van der Waals surface area contributed by atoms with Crippen molar-refractivity contribution in [3.05, 3.63) is 69.8 Å². The summed E-state index contributed by atoms with van der Waals surface area (Å²) in [7, 11) is -16.7. The van der Waals surface area contributed by atoms with E-state index < -0.39 is 53.0 Å². The van der Waals surface area contributed by atoms with Crippen molar-refractivity contribution in [3.63, 3.8) is 0 Å². The summed E-state index contributed by atoms with van der Waals surface area (Å²) in [6.45, 7) is 9.04. The molecule has 0 saturated carbocycles. The minimum atomic E-state index is -4.91. The van der Waals surface area contributed by atoms with Crippen molar-refractivity contribution in [2.45, 2.75) is 56.2 Å². The van der Waals surface area contributed by atoms with Crippen LogP contribution in [0.5, 0.6) is 0 Å². The van der Waals surface area contributed by atoms with E-state index in [9.17, 15) is 38.9 Å². The monoisotopic (exact) mass is 652 g/mol. The zero-order valence-corrected chi connectivity index (χ0v) is 33.2. The van der Waals surface area contributed by atoms with Crippen LogP contribution in [0.25, 0.3) is 0 Å². The van der Waals surface area contributed by atoms with Gasteiger partial charge >= 0.3 is 88.7 Å². The fraction of sp³-hybridized carbons (Fsp3) is 0.250. The third-order valence-corrected chi connectivity index (χ3v) is 11.7. The van der Waals surface area contributed by atoms with E-state index in [1.807, 2.05) is 0 Å². The van der Waals surface area contributed by atoms with Crippen molar-refractivity contribution >= 4 is 54.2 Å². The molecule has 0 aliphatic rings. The maximum atomic E-state index is 12.1. The Balaban J connectivity index is 0.00000507. The van der Waals surface area contributed by atoms with Gasteiger partial charge in [0.15, 0.2) is 0 Å². The van der Waals surface area contributed by atoms with E-state index in [2.05, 4.69) is 0 Å². The first-order valence-electron chi connectivity index (χ1n) is 10.7. The summed E-state index contributed by atoms with van der Waals surface area (Å²) in [5, 5.41) is 1.03. The molecular weight excluding hydrogens is 628 g/mol. The molecule has 0 aliphatic carbocycles. The van der Waals surface area contributed by atoms with E-state index in [4.69, 9.17) is 0 Å². The SMILES string of the molecule is Cc1cc(P(c2cc(C)cc(S(=O)(=O)[O-])c2C)c2cc(C)cc(S(=O)(=O)[O-])c2C)c(C)c(S(=O)(=O)[O-])c1.[Na+].[Na+].[Na+]. The summed E-state index contributed by atoms with van der Waals surface area (Å²) in [4.78, 5) is -1.42. The zero-order chi connectivity index (χ0) is 28.2. The minimum Gasteiger partial charge on any atom is -0.744 e. The number of hydrogen-bond donors (Lipinski definition) is 0. The van der Waals surface area contributed by atoms with Gasteiger partial charge in [0.2, 0.25) is 0 Å². The molecule has 0 radical (unpaired) electrons. The van der Waals surface area contributed by atoms with Crippen LogP contribution in [0.15, 0.2) is 51.1 Å². The Hall–Kier alpha value is 0.820. The molecule has 3 aromatic carbocycles. The molecule has 0 aromatic heterocycles. The molecule has 0 saturated heterocycles. The summed E-state index contributed by atoms with van der Waals surface area (Å²) in [5.74, 6) is 0. The largest absolute Gasteiger partial charge is 1.00 e. The van der Waals surface area contributed by atoms with Crippen LogP contribution in [0.4, 0.5) is 0 Å². The zero-order valence-electron chi connectivity index (χ0n) is 23.8. The second-order valence-corrected chi connectivity index (χ2v) is 15.1. The maximum absolute atomic E-state index is 12.1. The van der Waals surface area contributed by atoms with Gasteiger partial charge in [0, 0.05) is 0 Å². The van der Waals surface area contributed by atoms with Gasteiger partial charge in [-0.1, -0.05) is 18.2 Å². The smallest absolute Gasteiger partial charge is 0.744 e. The fourth-order valence-corrected chi connectivity index (χ4v) is 10.1. The molecule has 0 aliphatic heterocycles. The van der Waals surface area contributed by atoms with E-state index in [0.29, 0.717) is 32.6 Å². The van der Waals surface area contributed by atoms with Crippen molar-refractivity contribution in [2.24, 2.45) is 0 Å². The molecule has 0 bridgehead atoms. The molecule has 0 N–H and O–H groups in total. The predicted octanol–water partition coefficient (Wildman–Crippen LogP) is -6.98. The Kier molecular flexibility index (Phi) is 15.0. The first-order chi connectivity index (χ1) is 16.7. The van der Waals surface area contributed by atoms with Gasteiger partial charge in [0.25, 0.3) is 0 Å². The van der Waals surface area contributed by atoms with Gasteiger partial charge in [-0.25, -0.2) is 25.3 Å². The fourth-order valence-electron chi connectivity index (χ4n) is 4.29.